The predicted octanol–water partition coefficient (Wildman–Crippen LogP) is 5.57. The fourth-order valence-corrected chi connectivity index (χ4v) is 3.74. The van der Waals surface area contributed by atoms with Gasteiger partial charge in [0, 0.05) is 21.8 Å². The van der Waals surface area contributed by atoms with Crippen LogP contribution in [0.5, 0.6) is 5.75 Å². The minimum Gasteiger partial charge on any atom is -0.494 e. The zero-order valence-corrected chi connectivity index (χ0v) is 20.3. The van der Waals surface area contributed by atoms with Crippen LogP contribution in [0.25, 0.3) is 10.9 Å². The molecule has 3 amide bonds. The maximum absolute atomic E-state index is 13.2. The van der Waals surface area contributed by atoms with Crippen LogP contribution >= 0.6 is 34.8 Å². The molecule has 0 fully saturated rings. The van der Waals surface area contributed by atoms with Gasteiger partial charge >= 0.3 is 11.8 Å². The van der Waals surface area contributed by atoms with Crippen molar-refractivity contribution in [3.05, 3.63) is 87.5 Å². The summed E-state index contributed by atoms with van der Waals surface area (Å²) in [4.78, 5) is 38.5. The third-order valence-corrected chi connectivity index (χ3v) is 5.93. The van der Waals surface area contributed by atoms with Gasteiger partial charge in [-0.25, -0.2) is 4.68 Å². The number of fused-ring (bicyclic) bond motifs is 1. The van der Waals surface area contributed by atoms with Crippen LogP contribution in [-0.2, 0) is 9.59 Å². The van der Waals surface area contributed by atoms with E-state index in [0.29, 0.717) is 38.1 Å². The lowest BCUT2D eigenvalue weighted by Crippen LogP contribution is -2.36. The largest absolute Gasteiger partial charge is 0.494 e. The van der Waals surface area contributed by atoms with E-state index in [1.807, 2.05) is 0 Å². The normalized spacial score (nSPS) is 10.6. The van der Waals surface area contributed by atoms with Crippen LogP contribution in [0.4, 0.5) is 11.4 Å². The van der Waals surface area contributed by atoms with E-state index in [-0.39, 0.29) is 10.7 Å². The molecule has 0 spiro atoms. The Bertz CT molecular complexity index is 1450. The van der Waals surface area contributed by atoms with Gasteiger partial charge in [-0.05, 0) is 54.6 Å². The summed E-state index contributed by atoms with van der Waals surface area (Å²) in [6.45, 7) is 0. The molecular weight excluding hydrogens is 515 g/mol. The van der Waals surface area contributed by atoms with Crippen LogP contribution in [-0.4, -0.2) is 29.5 Å². The van der Waals surface area contributed by atoms with Crippen molar-refractivity contribution in [2.75, 3.05) is 23.2 Å². The van der Waals surface area contributed by atoms with E-state index in [0.717, 1.165) is 0 Å². The lowest BCUT2D eigenvalue weighted by molar-refractivity contribution is -0.133. The Kier molecular flexibility index (Phi) is 7.16. The molecule has 4 aromatic rings. The first-order valence-electron chi connectivity index (χ1n) is 10.1. The number of anilines is 2. The minimum atomic E-state index is -1.01. The summed E-state index contributed by atoms with van der Waals surface area (Å²) in [5.41, 5.74) is 3.68. The van der Waals surface area contributed by atoms with E-state index in [1.165, 1.54) is 17.9 Å². The van der Waals surface area contributed by atoms with Crippen LogP contribution in [0.15, 0.2) is 66.7 Å². The fourth-order valence-electron chi connectivity index (χ4n) is 3.32. The Morgan fingerprint density at radius 3 is 2.20 bits per heavy atom. The van der Waals surface area contributed by atoms with Crippen LogP contribution in [0.2, 0.25) is 15.1 Å². The summed E-state index contributed by atoms with van der Waals surface area (Å²) in [7, 11) is 1.45. The molecule has 3 N–H and O–H groups in total. The highest BCUT2D eigenvalue weighted by atomic mass is 35.5. The number of nitrogens with one attached hydrogen (secondary N) is 3. The number of carbonyl (C=O) groups excluding carboxylic acids is 3. The van der Waals surface area contributed by atoms with Crippen LogP contribution < -0.4 is 20.8 Å². The Morgan fingerprint density at radius 2 is 1.51 bits per heavy atom. The van der Waals surface area contributed by atoms with E-state index in [4.69, 9.17) is 39.5 Å². The highest BCUT2D eigenvalue weighted by Crippen LogP contribution is 2.29. The fraction of sp³-hybridized carbons (Fsp3) is 0.0417. The number of halogens is 3. The van der Waals surface area contributed by atoms with Crippen molar-refractivity contribution in [2.45, 2.75) is 0 Å². The van der Waals surface area contributed by atoms with E-state index >= 15 is 0 Å². The summed E-state index contributed by atoms with van der Waals surface area (Å²) >= 11 is 17.8. The number of hydrogen-bond donors (Lipinski definition) is 3. The lowest BCUT2D eigenvalue weighted by atomic mass is 10.2. The quantitative estimate of drug-likeness (QED) is 0.293. The summed E-state index contributed by atoms with van der Waals surface area (Å²) in [6, 6.07) is 17.6. The third-order valence-electron chi connectivity index (χ3n) is 4.94. The standard InChI is InChI=1S/C24H17Cl3N4O4/c1-35-20-4-2-3-13-11-19(22(32)29-16-9-10-17(26)18(27)12-16)31(21(13)20)30-24(34)23(33)28-15-7-5-14(25)6-8-15/h2-12H,1H3,(H,28,33)(H,29,32)(H,30,34). The van der Waals surface area contributed by atoms with E-state index < -0.39 is 17.7 Å². The van der Waals surface area contributed by atoms with Crippen LogP contribution in [0.1, 0.15) is 10.5 Å². The second-order valence-electron chi connectivity index (χ2n) is 7.25. The molecule has 4 rings (SSSR count). The van der Waals surface area contributed by atoms with E-state index in [1.54, 1.807) is 60.7 Å². The molecule has 0 saturated carbocycles. The number of carbonyl (C=O) groups is 3. The molecule has 0 saturated heterocycles. The molecule has 0 unspecified atom stereocenters. The predicted molar refractivity (Wildman–Crippen MR) is 137 cm³/mol. The van der Waals surface area contributed by atoms with Gasteiger partial charge in [0.15, 0.2) is 0 Å². The molecule has 178 valence electrons. The molecule has 8 nitrogen and oxygen atoms in total. The maximum Gasteiger partial charge on any atom is 0.328 e. The first-order chi connectivity index (χ1) is 16.8. The van der Waals surface area contributed by atoms with Gasteiger partial charge in [-0.1, -0.05) is 46.9 Å². The molecule has 35 heavy (non-hydrogen) atoms. The lowest BCUT2D eigenvalue weighted by Gasteiger charge is -2.14. The van der Waals surface area contributed by atoms with Gasteiger partial charge in [-0.2, -0.15) is 0 Å². The number of methoxy groups -OCH3 is 1. The molecule has 0 aliphatic carbocycles. The van der Waals surface area contributed by atoms with Crippen molar-refractivity contribution in [2.24, 2.45) is 0 Å². The average Bonchev–Trinajstić information content (AvgIpc) is 3.21. The van der Waals surface area contributed by atoms with Gasteiger partial charge in [-0.15, -0.1) is 0 Å². The average molecular weight is 532 g/mol. The topological polar surface area (TPSA) is 101 Å². The van der Waals surface area contributed by atoms with Gasteiger partial charge in [0.2, 0.25) is 0 Å². The highest BCUT2D eigenvalue weighted by Gasteiger charge is 2.23. The van der Waals surface area contributed by atoms with Crippen molar-refractivity contribution in [1.82, 2.24) is 4.68 Å². The molecule has 11 heteroatoms. The van der Waals surface area contributed by atoms with Crippen molar-refractivity contribution in [3.8, 4) is 5.75 Å². The van der Waals surface area contributed by atoms with Gasteiger partial charge in [0.05, 0.1) is 17.2 Å². The number of rotatable bonds is 5. The number of nitrogens with zero attached hydrogens (tertiary/aromatic N) is 1. The smallest absolute Gasteiger partial charge is 0.328 e. The number of hydrogen-bond acceptors (Lipinski definition) is 4. The minimum absolute atomic E-state index is 0.0446. The van der Waals surface area contributed by atoms with Gasteiger partial charge < -0.3 is 15.4 Å². The second-order valence-corrected chi connectivity index (χ2v) is 8.50. The van der Waals surface area contributed by atoms with Crippen molar-refractivity contribution in [1.29, 1.82) is 0 Å². The van der Waals surface area contributed by atoms with Crippen LogP contribution in [0, 0.1) is 0 Å². The van der Waals surface area contributed by atoms with E-state index in [9.17, 15) is 14.4 Å². The second kappa shape index (κ2) is 10.3. The Balaban J connectivity index is 1.66. The first-order valence-corrected chi connectivity index (χ1v) is 11.2. The van der Waals surface area contributed by atoms with Gasteiger partial charge in [0.1, 0.15) is 17.0 Å². The Hall–Kier alpha value is -3.72. The number of aromatic nitrogens is 1. The highest BCUT2D eigenvalue weighted by molar-refractivity contribution is 6.43. The third kappa shape index (κ3) is 5.35. The Labute approximate surface area is 214 Å². The summed E-state index contributed by atoms with van der Waals surface area (Å²) in [6.07, 6.45) is 0. The monoisotopic (exact) mass is 530 g/mol. The zero-order chi connectivity index (χ0) is 25.1. The summed E-state index contributed by atoms with van der Waals surface area (Å²) in [5, 5.41) is 6.86. The SMILES string of the molecule is COc1cccc2cc(C(=O)Nc3ccc(Cl)c(Cl)c3)n(NC(=O)C(=O)Nc3ccc(Cl)cc3)c12. The molecule has 1 aromatic heterocycles. The van der Waals surface area contributed by atoms with Crippen molar-refractivity contribution >= 4 is 74.8 Å². The summed E-state index contributed by atoms with van der Waals surface area (Å²) < 4.78 is 6.61. The molecule has 0 atom stereocenters. The number of ether oxygens (including phenoxy) is 1. The van der Waals surface area contributed by atoms with Crippen LogP contribution in [0.3, 0.4) is 0 Å². The molecule has 1 heterocycles. The number of para-hydroxylation sites is 1. The molecular formula is C24H17Cl3N4O4. The zero-order valence-electron chi connectivity index (χ0n) is 18.1. The molecule has 0 bridgehead atoms. The number of amides is 3. The maximum atomic E-state index is 13.2. The molecule has 3 aromatic carbocycles. The molecule has 0 aliphatic rings. The van der Waals surface area contributed by atoms with Crippen molar-refractivity contribution in [3.63, 3.8) is 0 Å². The first kappa shape index (κ1) is 24.4. The molecule has 0 radical (unpaired) electrons. The van der Waals surface area contributed by atoms with E-state index in [2.05, 4.69) is 16.1 Å². The Morgan fingerprint density at radius 1 is 0.800 bits per heavy atom. The van der Waals surface area contributed by atoms with Gasteiger partial charge in [0.25, 0.3) is 5.91 Å². The summed E-state index contributed by atoms with van der Waals surface area (Å²) in [5.74, 6) is -2.14. The van der Waals surface area contributed by atoms with Crippen molar-refractivity contribution < 1.29 is 19.1 Å². The number of benzene rings is 3. The molecule has 0 aliphatic heterocycles. The van der Waals surface area contributed by atoms with Gasteiger partial charge in [-0.3, -0.25) is 19.8 Å².